The number of hydrogen-bond acceptors (Lipinski definition) is 5. The van der Waals surface area contributed by atoms with Crippen molar-refractivity contribution in [3.63, 3.8) is 0 Å². The van der Waals surface area contributed by atoms with Crippen LogP contribution in [-0.4, -0.2) is 25.9 Å². The summed E-state index contributed by atoms with van der Waals surface area (Å²) in [6.45, 7) is 0. The van der Waals surface area contributed by atoms with Crippen LogP contribution in [0.25, 0.3) is 0 Å². The van der Waals surface area contributed by atoms with Gasteiger partial charge in [0.05, 0.1) is 19.9 Å². The largest absolute Gasteiger partial charge is 0.496 e. The van der Waals surface area contributed by atoms with E-state index in [-0.39, 0.29) is 0 Å². The summed E-state index contributed by atoms with van der Waals surface area (Å²) < 4.78 is 11.6. The SMILES string of the molecule is COc1ccccc1C(=O)ON=C1CCc2c(Br)ccc(OC)c21. The molecule has 0 saturated heterocycles. The van der Waals surface area contributed by atoms with Gasteiger partial charge in [-0.3, -0.25) is 0 Å². The van der Waals surface area contributed by atoms with Crippen molar-refractivity contribution >= 4 is 27.6 Å². The molecule has 0 saturated carbocycles. The lowest BCUT2D eigenvalue weighted by Crippen LogP contribution is -2.06. The van der Waals surface area contributed by atoms with Crippen molar-refractivity contribution in [1.82, 2.24) is 0 Å². The van der Waals surface area contributed by atoms with Crippen LogP contribution in [0.3, 0.4) is 0 Å². The van der Waals surface area contributed by atoms with Crippen LogP contribution in [0, 0.1) is 0 Å². The van der Waals surface area contributed by atoms with Gasteiger partial charge in [0.1, 0.15) is 17.1 Å². The molecule has 0 aliphatic heterocycles. The zero-order valence-corrected chi connectivity index (χ0v) is 14.9. The summed E-state index contributed by atoms with van der Waals surface area (Å²) in [6, 6.07) is 10.7. The predicted octanol–water partition coefficient (Wildman–Crippen LogP) is 3.97. The van der Waals surface area contributed by atoms with Crippen molar-refractivity contribution in [2.45, 2.75) is 12.8 Å². The normalized spacial score (nSPS) is 14.4. The molecule has 1 aliphatic carbocycles. The van der Waals surface area contributed by atoms with Gasteiger partial charge in [-0.1, -0.05) is 33.2 Å². The number of halogens is 1. The number of ether oxygens (including phenoxy) is 2. The van der Waals surface area contributed by atoms with Crippen LogP contribution in [0.2, 0.25) is 0 Å². The highest BCUT2D eigenvalue weighted by Gasteiger charge is 2.25. The average Bonchev–Trinajstić information content (AvgIpc) is 3.05. The molecule has 0 heterocycles. The zero-order chi connectivity index (χ0) is 17.1. The summed E-state index contributed by atoms with van der Waals surface area (Å²) in [5.41, 5.74) is 3.04. The number of hydrogen-bond donors (Lipinski definition) is 0. The number of carbonyl (C=O) groups excluding carboxylic acids is 1. The maximum Gasteiger partial charge on any atom is 0.369 e. The van der Waals surface area contributed by atoms with Crippen LogP contribution in [0.1, 0.15) is 27.9 Å². The minimum atomic E-state index is -0.553. The Labute approximate surface area is 148 Å². The van der Waals surface area contributed by atoms with Crippen LogP contribution < -0.4 is 9.47 Å². The fourth-order valence-corrected chi connectivity index (χ4v) is 3.28. The summed E-state index contributed by atoms with van der Waals surface area (Å²) >= 11 is 3.54. The molecular weight excluding hydrogens is 374 g/mol. The van der Waals surface area contributed by atoms with Crippen molar-refractivity contribution < 1.29 is 19.1 Å². The molecule has 24 heavy (non-hydrogen) atoms. The van der Waals surface area contributed by atoms with Gasteiger partial charge in [-0.15, -0.1) is 0 Å². The first-order chi connectivity index (χ1) is 11.7. The highest BCUT2D eigenvalue weighted by atomic mass is 79.9. The summed E-state index contributed by atoms with van der Waals surface area (Å²) in [6.07, 6.45) is 1.51. The van der Waals surface area contributed by atoms with Crippen molar-refractivity contribution in [1.29, 1.82) is 0 Å². The second-order valence-electron chi connectivity index (χ2n) is 5.22. The summed E-state index contributed by atoms with van der Waals surface area (Å²) in [5, 5.41) is 4.08. The molecule has 5 nitrogen and oxygen atoms in total. The first-order valence-corrected chi connectivity index (χ1v) is 8.22. The molecule has 6 heteroatoms. The molecule has 3 rings (SSSR count). The van der Waals surface area contributed by atoms with Crippen molar-refractivity contribution in [3.8, 4) is 11.5 Å². The summed E-state index contributed by atoms with van der Waals surface area (Å²) in [4.78, 5) is 17.4. The Hall–Kier alpha value is -2.34. The van der Waals surface area contributed by atoms with E-state index in [0.717, 1.165) is 27.8 Å². The minimum absolute atomic E-state index is 0.337. The van der Waals surface area contributed by atoms with Crippen LogP contribution in [0.4, 0.5) is 0 Å². The molecule has 124 valence electrons. The van der Waals surface area contributed by atoms with E-state index in [1.54, 1.807) is 31.4 Å². The van der Waals surface area contributed by atoms with E-state index in [4.69, 9.17) is 14.3 Å². The van der Waals surface area contributed by atoms with Gasteiger partial charge in [0.2, 0.25) is 0 Å². The Morgan fingerprint density at radius 2 is 1.79 bits per heavy atom. The minimum Gasteiger partial charge on any atom is -0.496 e. The number of fused-ring (bicyclic) bond motifs is 1. The van der Waals surface area contributed by atoms with E-state index in [0.29, 0.717) is 23.4 Å². The molecular formula is C18H16BrNO4. The lowest BCUT2D eigenvalue weighted by molar-refractivity contribution is 0.0512. The maximum atomic E-state index is 12.3. The van der Waals surface area contributed by atoms with E-state index < -0.39 is 5.97 Å². The van der Waals surface area contributed by atoms with Gasteiger partial charge in [0.15, 0.2) is 0 Å². The monoisotopic (exact) mass is 389 g/mol. The third-order valence-electron chi connectivity index (χ3n) is 3.90. The molecule has 2 aromatic rings. The Kier molecular flexibility index (Phi) is 4.85. The van der Waals surface area contributed by atoms with Crippen LogP contribution in [0.5, 0.6) is 11.5 Å². The fraction of sp³-hybridized carbons (Fsp3) is 0.222. The van der Waals surface area contributed by atoms with Crippen LogP contribution in [-0.2, 0) is 11.3 Å². The highest BCUT2D eigenvalue weighted by molar-refractivity contribution is 9.10. The van der Waals surface area contributed by atoms with E-state index in [2.05, 4.69) is 21.1 Å². The molecule has 0 N–H and O–H groups in total. The molecule has 0 amide bonds. The lowest BCUT2D eigenvalue weighted by Gasteiger charge is -2.09. The summed E-state index contributed by atoms with van der Waals surface area (Å²) in [7, 11) is 3.12. The smallest absolute Gasteiger partial charge is 0.369 e. The quantitative estimate of drug-likeness (QED) is 0.586. The van der Waals surface area contributed by atoms with Gasteiger partial charge in [-0.05, 0) is 42.7 Å². The number of methoxy groups -OCH3 is 2. The zero-order valence-electron chi connectivity index (χ0n) is 13.3. The van der Waals surface area contributed by atoms with E-state index >= 15 is 0 Å². The van der Waals surface area contributed by atoms with E-state index in [9.17, 15) is 4.79 Å². The first-order valence-electron chi connectivity index (χ1n) is 7.42. The molecule has 0 radical (unpaired) electrons. The number of oxime groups is 1. The van der Waals surface area contributed by atoms with Crippen molar-refractivity contribution in [3.05, 3.63) is 57.6 Å². The van der Waals surface area contributed by atoms with Crippen molar-refractivity contribution in [2.75, 3.05) is 14.2 Å². The maximum absolute atomic E-state index is 12.3. The van der Waals surface area contributed by atoms with Gasteiger partial charge < -0.3 is 14.3 Å². The fourth-order valence-electron chi connectivity index (χ4n) is 2.75. The standard InChI is InChI=1S/C18H16BrNO4/c1-22-15-6-4-3-5-12(15)18(21)24-20-14-9-7-11-13(19)8-10-16(23-2)17(11)14/h3-6,8,10H,7,9H2,1-2H3. The average molecular weight is 390 g/mol. The van der Waals surface area contributed by atoms with Gasteiger partial charge >= 0.3 is 5.97 Å². The summed E-state index contributed by atoms with van der Waals surface area (Å²) in [5.74, 6) is 0.620. The Morgan fingerprint density at radius 3 is 2.54 bits per heavy atom. The van der Waals surface area contributed by atoms with Crippen LogP contribution in [0.15, 0.2) is 46.0 Å². The topological polar surface area (TPSA) is 57.1 Å². The molecule has 0 unspecified atom stereocenters. The highest BCUT2D eigenvalue weighted by Crippen LogP contribution is 2.36. The Bertz CT molecular complexity index is 817. The molecule has 0 aromatic heterocycles. The third kappa shape index (κ3) is 3.01. The first kappa shape index (κ1) is 16.5. The Balaban J connectivity index is 1.88. The predicted molar refractivity (Wildman–Crippen MR) is 94.0 cm³/mol. The second-order valence-corrected chi connectivity index (χ2v) is 6.07. The van der Waals surface area contributed by atoms with Crippen molar-refractivity contribution in [2.24, 2.45) is 5.16 Å². The number of benzene rings is 2. The van der Waals surface area contributed by atoms with Gasteiger partial charge in [-0.25, -0.2) is 4.79 Å². The number of nitrogens with zero attached hydrogens (tertiary/aromatic N) is 1. The molecule has 0 bridgehead atoms. The molecule has 0 atom stereocenters. The number of rotatable bonds is 4. The van der Waals surface area contributed by atoms with E-state index in [1.807, 2.05) is 12.1 Å². The van der Waals surface area contributed by atoms with Gasteiger partial charge in [-0.2, -0.15) is 0 Å². The van der Waals surface area contributed by atoms with Gasteiger partial charge in [0.25, 0.3) is 0 Å². The Morgan fingerprint density at radius 1 is 1.04 bits per heavy atom. The number of para-hydroxylation sites is 1. The number of carbonyl (C=O) groups is 1. The van der Waals surface area contributed by atoms with E-state index in [1.165, 1.54) is 7.11 Å². The molecule has 1 aliphatic rings. The lowest BCUT2D eigenvalue weighted by atomic mass is 10.1. The second kappa shape index (κ2) is 7.05. The molecule has 2 aromatic carbocycles. The third-order valence-corrected chi connectivity index (χ3v) is 4.65. The van der Waals surface area contributed by atoms with Gasteiger partial charge in [0, 0.05) is 10.0 Å². The molecule has 0 spiro atoms. The van der Waals surface area contributed by atoms with Crippen LogP contribution >= 0.6 is 15.9 Å². The molecule has 0 fully saturated rings.